The summed E-state index contributed by atoms with van der Waals surface area (Å²) in [6, 6.07) is 0. The van der Waals surface area contributed by atoms with Gasteiger partial charge in [0.2, 0.25) is 0 Å². The van der Waals surface area contributed by atoms with E-state index in [9.17, 15) is 0 Å². The van der Waals surface area contributed by atoms with E-state index >= 15 is 0 Å². The Morgan fingerprint density at radius 3 is 0.615 bits per heavy atom. The molecule has 6 heteroatoms. The molecule has 26 heavy (non-hydrogen) atoms. The van der Waals surface area contributed by atoms with Gasteiger partial charge in [0, 0.05) is 26.4 Å². The van der Waals surface area contributed by atoms with Gasteiger partial charge in [0.05, 0.1) is 0 Å². The molecule has 0 atom stereocenters. The van der Waals surface area contributed by atoms with Gasteiger partial charge in [0.15, 0.2) is 0 Å². The first kappa shape index (κ1) is 35.1. The normalized spacial score (nSPS) is 16.2. The summed E-state index contributed by atoms with van der Waals surface area (Å²) in [7, 11) is -2.58. The van der Waals surface area contributed by atoms with Crippen LogP contribution in [0.5, 0.6) is 0 Å². The molecule has 0 saturated carbocycles. The molecule has 2 saturated heterocycles. The molecule has 0 amide bonds. The Morgan fingerprint density at radius 1 is 0.462 bits per heavy atom. The third-order valence-electron chi connectivity index (χ3n) is 1.65. The Kier molecular flexibility index (Phi) is 27.0. The number of ether oxygens (including phenoxy) is 2. The largest absolute Gasteiger partial charge is 3.00 e. The van der Waals surface area contributed by atoms with E-state index in [1.165, 1.54) is 25.7 Å². The van der Waals surface area contributed by atoms with Gasteiger partial charge in [-0.2, -0.15) is 0 Å². The summed E-state index contributed by atoms with van der Waals surface area (Å²) in [5, 5.41) is 0. The maximum atomic E-state index is 4.94. The van der Waals surface area contributed by atoms with Gasteiger partial charge in [-0.1, -0.05) is 58.9 Å². The van der Waals surface area contributed by atoms with Crippen LogP contribution in [0.15, 0.2) is 0 Å². The zero-order valence-corrected chi connectivity index (χ0v) is 25.5. The maximum Gasteiger partial charge on any atom is 3.00 e. The first-order valence-corrected chi connectivity index (χ1v) is 20.8. The van der Waals surface area contributed by atoms with E-state index in [1.807, 2.05) is 0 Å². The van der Waals surface area contributed by atoms with E-state index in [-0.39, 0.29) is 32.7 Å². The third kappa shape index (κ3) is 115. The molecule has 2 nitrogen and oxygen atoms in total. The van der Waals surface area contributed by atoms with Crippen molar-refractivity contribution in [3.8, 4) is 0 Å². The van der Waals surface area contributed by atoms with Gasteiger partial charge >= 0.3 is 32.7 Å². The van der Waals surface area contributed by atoms with Crippen LogP contribution < -0.4 is 0 Å². The fourth-order valence-corrected chi connectivity index (χ4v) is 1.02. The van der Waals surface area contributed by atoms with Gasteiger partial charge in [0.1, 0.15) is 0 Å². The minimum atomic E-state index is -0.861. The molecule has 0 radical (unpaired) electrons. The Labute approximate surface area is 195 Å². The van der Waals surface area contributed by atoms with Crippen LogP contribution in [0.4, 0.5) is 0 Å². The van der Waals surface area contributed by atoms with Gasteiger partial charge in [-0.15, -0.1) is 24.2 Å². The van der Waals surface area contributed by atoms with Crippen LogP contribution in [-0.2, 0) is 42.2 Å². The summed E-state index contributed by atoms with van der Waals surface area (Å²) < 4.78 is 9.89. The van der Waals surface area contributed by atoms with Crippen LogP contribution in [0.1, 0.15) is 25.7 Å². The fraction of sp³-hybridized carbons (Fsp3) is 0.850. The third-order valence-corrected chi connectivity index (χ3v) is 1.65. The van der Waals surface area contributed by atoms with Crippen LogP contribution in [-0.4, -0.2) is 50.6 Å². The first-order chi connectivity index (χ1) is 11.0. The Bertz CT molecular complexity index is 190. The van der Waals surface area contributed by atoms with Crippen molar-refractivity contribution in [2.75, 3.05) is 26.4 Å². The average Bonchev–Trinajstić information content (AvgIpc) is 3.02. The van der Waals surface area contributed by atoms with Crippen molar-refractivity contribution in [3.63, 3.8) is 0 Å². The van der Waals surface area contributed by atoms with Crippen molar-refractivity contribution in [2.45, 2.75) is 84.6 Å². The molecular weight excluding hydrogens is 445 g/mol. The molecule has 2 rings (SSSR count). The molecular formula is C20H49O2Si3Y. The predicted octanol–water partition coefficient (Wildman–Crippen LogP) is 6.68. The molecule has 2 heterocycles. The topological polar surface area (TPSA) is 18.5 Å². The van der Waals surface area contributed by atoms with Crippen molar-refractivity contribution in [1.29, 1.82) is 0 Å². The standard InChI is InChI=1S/2C4H8O.3C4H11Si.Y/c2*1-2-4-5-3-1;3*1-5(2,3)4;/h2*1-4H2;3*1H2,2-4H3;/q;;3*-1;+3. The monoisotopic (exact) mass is 494 g/mol. The Hall–Kier alpha value is 1.67. The van der Waals surface area contributed by atoms with E-state index in [4.69, 9.17) is 9.47 Å². The second-order valence-corrected chi connectivity index (χ2v) is 25.7. The van der Waals surface area contributed by atoms with Gasteiger partial charge in [-0.25, -0.2) is 0 Å². The Balaban J connectivity index is -0.000000115. The SMILES string of the molecule is C1CCOC1.C1CCOC1.[CH2-][Si](C)(C)C.[CH2-][Si](C)(C)C.[CH2-][Si](C)(C)C.[Y+3]. The zero-order chi connectivity index (χ0) is 20.6. The van der Waals surface area contributed by atoms with Crippen molar-refractivity contribution in [1.82, 2.24) is 0 Å². The summed E-state index contributed by atoms with van der Waals surface area (Å²) in [5.74, 6) is 0. The van der Waals surface area contributed by atoms with E-state index < -0.39 is 24.2 Å². The molecule has 0 N–H and O–H groups in total. The van der Waals surface area contributed by atoms with Gasteiger partial charge in [-0.3, -0.25) is 0 Å². The summed E-state index contributed by atoms with van der Waals surface area (Å²) in [6.45, 7) is 35.7. The van der Waals surface area contributed by atoms with Crippen molar-refractivity contribution >= 4 is 24.2 Å². The molecule has 2 fully saturated rings. The van der Waals surface area contributed by atoms with E-state index in [0.717, 1.165) is 26.4 Å². The molecule has 0 aliphatic carbocycles. The van der Waals surface area contributed by atoms with Gasteiger partial charge < -0.3 is 29.1 Å². The Morgan fingerprint density at radius 2 is 0.577 bits per heavy atom. The van der Waals surface area contributed by atoms with Crippen molar-refractivity contribution in [2.24, 2.45) is 0 Å². The molecule has 0 aromatic heterocycles. The van der Waals surface area contributed by atoms with Crippen LogP contribution in [0.3, 0.4) is 0 Å². The molecule has 0 aromatic carbocycles. The quantitative estimate of drug-likeness (QED) is 0.276. The average molecular weight is 495 g/mol. The maximum absolute atomic E-state index is 4.94. The molecule has 0 aromatic rings. The molecule has 2 aliphatic rings. The van der Waals surface area contributed by atoms with E-state index in [2.05, 4.69) is 78.6 Å². The smallest absolute Gasteiger partial charge is 0.381 e. The molecule has 0 unspecified atom stereocenters. The minimum absolute atomic E-state index is 0. The summed E-state index contributed by atoms with van der Waals surface area (Å²) in [5.41, 5.74) is 0. The summed E-state index contributed by atoms with van der Waals surface area (Å²) in [4.78, 5) is 0. The predicted molar refractivity (Wildman–Crippen MR) is 126 cm³/mol. The number of hydrogen-bond acceptors (Lipinski definition) is 2. The number of hydrogen-bond donors (Lipinski definition) is 0. The molecule has 2 aliphatic heterocycles. The zero-order valence-electron chi connectivity index (χ0n) is 19.7. The number of rotatable bonds is 0. The van der Waals surface area contributed by atoms with Crippen LogP contribution in [0, 0.1) is 19.6 Å². The minimum Gasteiger partial charge on any atom is -0.381 e. The van der Waals surface area contributed by atoms with Crippen LogP contribution >= 0.6 is 0 Å². The van der Waals surface area contributed by atoms with E-state index in [0.29, 0.717) is 0 Å². The van der Waals surface area contributed by atoms with Crippen LogP contribution in [0.2, 0.25) is 58.9 Å². The van der Waals surface area contributed by atoms with Gasteiger partial charge in [0.25, 0.3) is 0 Å². The fourth-order valence-electron chi connectivity index (χ4n) is 1.02. The molecule has 0 spiro atoms. The van der Waals surface area contributed by atoms with E-state index in [1.54, 1.807) is 0 Å². The van der Waals surface area contributed by atoms with Gasteiger partial charge in [-0.05, 0) is 25.7 Å². The first-order valence-electron chi connectivity index (χ1n) is 9.72. The summed E-state index contributed by atoms with van der Waals surface area (Å²) in [6.07, 6.45) is 5.11. The molecule has 0 bridgehead atoms. The second-order valence-electron chi connectivity index (χ2n) is 10.3. The van der Waals surface area contributed by atoms with Crippen molar-refractivity contribution in [3.05, 3.63) is 19.6 Å². The molecule has 156 valence electrons. The second kappa shape index (κ2) is 20.0. The van der Waals surface area contributed by atoms with Crippen LogP contribution in [0.25, 0.3) is 0 Å². The summed E-state index contributed by atoms with van der Waals surface area (Å²) >= 11 is 0. The van der Waals surface area contributed by atoms with Crippen molar-refractivity contribution < 1.29 is 42.2 Å².